The average molecular weight is 521 g/mol. The summed E-state index contributed by atoms with van der Waals surface area (Å²) in [6.45, 7) is 5.65. The first kappa shape index (κ1) is 26.8. The minimum atomic E-state index is -1.35. The summed E-state index contributed by atoms with van der Waals surface area (Å²) in [5.74, 6) is -7.88. The number of halogens is 6. The Morgan fingerprint density at radius 3 is 1.97 bits per heavy atom. The Balaban J connectivity index is 1.54. The van der Waals surface area contributed by atoms with E-state index < -0.39 is 46.0 Å². The lowest BCUT2D eigenvalue weighted by molar-refractivity contribution is 0.0320. The van der Waals surface area contributed by atoms with Crippen LogP contribution in [-0.2, 0) is 17.6 Å². The van der Waals surface area contributed by atoms with Gasteiger partial charge in [0.25, 0.3) is 0 Å². The molecule has 0 radical (unpaired) electrons. The maximum absolute atomic E-state index is 15.0. The first-order valence-corrected chi connectivity index (χ1v) is 12.1. The Morgan fingerprint density at radius 2 is 1.38 bits per heavy atom. The molecular weight excluding hydrogens is 494 g/mol. The van der Waals surface area contributed by atoms with Gasteiger partial charge in [-0.05, 0) is 55.4 Å². The van der Waals surface area contributed by atoms with E-state index in [4.69, 9.17) is 9.47 Å². The fourth-order valence-electron chi connectivity index (χ4n) is 4.58. The highest BCUT2D eigenvalue weighted by atomic mass is 19.2. The van der Waals surface area contributed by atoms with Crippen LogP contribution in [0.1, 0.15) is 42.4 Å². The molecule has 8 heteroatoms. The molecule has 1 aliphatic rings. The normalized spacial score (nSPS) is 17.6. The van der Waals surface area contributed by atoms with Gasteiger partial charge in [-0.1, -0.05) is 36.4 Å². The van der Waals surface area contributed by atoms with Gasteiger partial charge in [-0.25, -0.2) is 22.0 Å². The van der Waals surface area contributed by atoms with Crippen molar-refractivity contribution < 1.29 is 35.8 Å². The van der Waals surface area contributed by atoms with E-state index in [0.717, 1.165) is 6.07 Å². The van der Waals surface area contributed by atoms with Crippen LogP contribution in [0.5, 0.6) is 5.75 Å². The van der Waals surface area contributed by atoms with E-state index in [1.165, 1.54) is 30.3 Å². The molecule has 0 amide bonds. The van der Waals surface area contributed by atoms with E-state index in [1.807, 2.05) is 0 Å². The van der Waals surface area contributed by atoms with Crippen LogP contribution in [0.2, 0.25) is 0 Å². The van der Waals surface area contributed by atoms with Gasteiger partial charge < -0.3 is 9.47 Å². The van der Waals surface area contributed by atoms with Crippen molar-refractivity contribution in [1.29, 1.82) is 0 Å². The van der Waals surface area contributed by atoms with Crippen molar-refractivity contribution in [2.75, 3.05) is 13.2 Å². The summed E-state index contributed by atoms with van der Waals surface area (Å²) < 4.78 is 98.7. The highest BCUT2D eigenvalue weighted by Crippen LogP contribution is 2.36. The molecule has 1 fully saturated rings. The molecule has 0 aliphatic carbocycles. The molecule has 0 bridgehead atoms. The maximum Gasteiger partial charge on any atom is 0.200 e. The third-order valence-corrected chi connectivity index (χ3v) is 6.67. The van der Waals surface area contributed by atoms with Gasteiger partial charge in [0.05, 0.1) is 19.3 Å². The zero-order chi connectivity index (χ0) is 26.7. The summed E-state index contributed by atoms with van der Waals surface area (Å²) in [6, 6.07) is 7.56. The highest BCUT2D eigenvalue weighted by Gasteiger charge is 2.27. The summed E-state index contributed by atoms with van der Waals surface area (Å²) in [7, 11) is 0. The summed E-state index contributed by atoms with van der Waals surface area (Å²) in [5, 5.41) is 0. The molecule has 0 N–H and O–H groups in total. The molecule has 0 saturated carbocycles. The molecule has 37 heavy (non-hydrogen) atoms. The molecule has 196 valence electrons. The molecule has 0 spiro atoms. The van der Waals surface area contributed by atoms with Gasteiger partial charge in [0.1, 0.15) is 0 Å². The number of hydrogen-bond donors (Lipinski definition) is 0. The second kappa shape index (κ2) is 11.4. The molecule has 1 heterocycles. The van der Waals surface area contributed by atoms with Crippen molar-refractivity contribution in [3.63, 3.8) is 0 Å². The third-order valence-electron chi connectivity index (χ3n) is 6.67. The Hall–Kier alpha value is -3.26. The molecule has 2 unspecified atom stereocenters. The second-order valence-electron chi connectivity index (χ2n) is 8.90. The van der Waals surface area contributed by atoms with Crippen LogP contribution >= 0.6 is 0 Å². The molecule has 3 aromatic rings. The van der Waals surface area contributed by atoms with E-state index in [1.54, 1.807) is 13.0 Å². The van der Waals surface area contributed by atoms with Crippen LogP contribution in [0.4, 0.5) is 26.3 Å². The van der Waals surface area contributed by atoms with Crippen molar-refractivity contribution in [2.45, 2.75) is 44.6 Å². The van der Waals surface area contributed by atoms with E-state index in [9.17, 15) is 26.3 Å². The lowest BCUT2D eigenvalue weighted by Crippen LogP contribution is -2.23. The van der Waals surface area contributed by atoms with Gasteiger partial charge in [0, 0.05) is 17.0 Å². The molecule has 0 aromatic heterocycles. The van der Waals surface area contributed by atoms with Crippen LogP contribution in [0, 0.1) is 34.9 Å². The minimum absolute atomic E-state index is 0.0281. The van der Waals surface area contributed by atoms with E-state index in [0.29, 0.717) is 12.8 Å². The largest absolute Gasteiger partial charge is 0.491 e. The Morgan fingerprint density at radius 1 is 0.784 bits per heavy atom. The number of ether oxygens (including phenoxy) is 2. The zero-order valence-electron chi connectivity index (χ0n) is 20.2. The first-order valence-electron chi connectivity index (χ1n) is 12.1. The van der Waals surface area contributed by atoms with Gasteiger partial charge in [-0.2, -0.15) is 4.39 Å². The molecule has 4 rings (SSSR count). The second-order valence-corrected chi connectivity index (χ2v) is 8.90. The lowest BCUT2D eigenvalue weighted by Gasteiger charge is -2.28. The monoisotopic (exact) mass is 520 g/mol. The van der Waals surface area contributed by atoms with E-state index >= 15 is 0 Å². The topological polar surface area (TPSA) is 18.5 Å². The molecule has 3 aromatic carbocycles. The van der Waals surface area contributed by atoms with Crippen molar-refractivity contribution in [3.8, 4) is 16.9 Å². The zero-order valence-corrected chi connectivity index (χ0v) is 20.2. The van der Waals surface area contributed by atoms with Crippen LogP contribution < -0.4 is 4.74 Å². The first-order chi connectivity index (χ1) is 17.8. The highest BCUT2D eigenvalue weighted by molar-refractivity contribution is 5.66. The summed E-state index contributed by atoms with van der Waals surface area (Å²) in [5.41, 5.74) is -0.868. The Labute approximate surface area is 211 Å². The third kappa shape index (κ3) is 5.39. The van der Waals surface area contributed by atoms with Gasteiger partial charge in [0.2, 0.25) is 5.82 Å². The molecule has 2 nitrogen and oxygen atoms in total. The lowest BCUT2D eigenvalue weighted by atomic mass is 9.89. The standard InChI is InChI=1S/C29H26F6O2/c1-3-19-10-7-18(15-37-19)20-12-13-22(28(34)26(20)32)21-11-8-16(24(30)27(21)33)5-6-17-9-14-23(36-4-2)29(35)25(17)31/h3,8-9,11-14,18-19H,1,4-7,10,15H2,2H3. The smallest absolute Gasteiger partial charge is 0.200 e. The van der Waals surface area contributed by atoms with Gasteiger partial charge in [0.15, 0.2) is 34.8 Å². The van der Waals surface area contributed by atoms with E-state index in [-0.39, 0.29) is 60.5 Å². The number of rotatable bonds is 8. The summed E-state index contributed by atoms with van der Waals surface area (Å²) >= 11 is 0. The van der Waals surface area contributed by atoms with E-state index in [2.05, 4.69) is 6.58 Å². The number of benzene rings is 3. The molecular formula is C29H26F6O2. The van der Waals surface area contributed by atoms with Crippen LogP contribution in [0.25, 0.3) is 11.1 Å². The van der Waals surface area contributed by atoms with Crippen molar-refractivity contribution in [3.05, 3.63) is 101 Å². The predicted molar refractivity (Wildman–Crippen MR) is 129 cm³/mol. The summed E-state index contributed by atoms with van der Waals surface area (Å²) in [4.78, 5) is 0. The number of aryl methyl sites for hydroxylation is 2. The predicted octanol–water partition coefficient (Wildman–Crippen LogP) is 7.82. The van der Waals surface area contributed by atoms with Crippen molar-refractivity contribution in [1.82, 2.24) is 0 Å². The van der Waals surface area contributed by atoms with Crippen LogP contribution in [0.3, 0.4) is 0 Å². The van der Waals surface area contributed by atoms with Crippen molar-refractivity contribution >= 4 is 0 Å². The van der Waals surface area contributed by atoms with Gasteiger partial charge >= 0.3 is 0 Å². The fraction of sp³-hybridized carbons (Fsp3) is 0.310. The molecule has 1 saturated heterocycles. The Kier molecular flexibility index (Phi) is 8.27. The summed E-state index contributed by atoms with van der Waals surface area (Å²) in [6.07, 6.45) is 2.46. The SMILES string of the molecule is C=CC1CCC(c2ccc(-c3ccc(CCc4ccc(OCC)c(F)c4F)c(F)c3F)c(F)c2F)CO1. The van der Waals surface area contributed by atoms with Gasteiger partial charge in [-0.3, -0.25) is 0 Å². The number of hydrogen-bond acceptors (Lipinski definition) is 2. The fourth-order valence-corrected chi connectivity index (χ4v) is 4.58. The quantitative estimate of drug-likeness (QED) is 0.223. The van der Waals surface area contributed by atoms with Gasteiger partial charge in [-0.15, -0.1) is 6.58 Å². The van der Waals surface area contributed by atoms with Crippen LogP contribution in [0.15, 0.2) is 49.1 Å². The maximum atomic E-state index is 15.0. The minimum Gasteiger partial charge on any atom is -0.491 e. The van der Waals surface area contributed by atoms with Crippen molar-refractivity contribution in [2.24, 2.45) is 0 Å². The molecule has 2 atom stereocenters. The average Bonchev–Trinajstić information content (AvgIpc) is 2.91. The van der Waals surface area contributed by atoms with Crippen LogP contribution in [-0.4, -0.2) is 19.3 Å². The molecule has 1 aliphatic heterocycles. The Bertz CT molecular complexity index is 1300.